The van der Waals surface area contributed by atoms with Crippen LogP contribution >= 0.6 is 0 Å². The Balaban J connectivity index is 1.60. The van der Waals surface area contributed by atoms with Crippen LogP contribution in [0.3, 0.4) is 0 Å². The van der Waals surface area contributed by atoms with E-state index in [4.69, 9.17) is 18.9 Å². The lowest BCUT2D eigenvalue weighted by Gasteiger charge is -2.22. The third-order valence-corrected chi connectivity index (χ3v) is 5.51. The molecule has 0 fully saturated rings. The van der Waals surface area contributed by atoms with E-state index in [-0.39, 0.29) is 33.6 Å². The first-order chi connectivity index (χ1) is 20.1. The van der Waals surface area contributed by atoms with Gasteiger partial charge >= 0.3 is 0 Å². The summed E-state index contributed by atoms with van der Waals surface area (Å²) < 4.78 is 21.3. The summed E-state index contributed by atoms with van der Waals surface area (Å²) in [7, 11) is 6.38. The van der Waals surface area contributed by atoms with Gasteiger partial charge in [-0.15, -0.1) is 0 Å². The zero-order valence-corrected chi connectivity index (χ0v) is 23.5. The van der Waals surface area contributed by atoms with Gasteiger partial charge in [0, 0.05) is 39.6 Å². The van der Waals surface area contributed by atoms with Gasteiger partial charge < -0.3 is 29.6 Å². The first-order valence-electron chi connectivity index (χ1n) is 12.7. The second-order valence-electron chi connectivity index (χ2n) is 8.58. The second kappa shape index (κ2) is 15.3. The SMILES string of the molecule is COCN(COC)c1nc(NCNc2nc(-c3ccccc3)nc(N(COC)COC)n2)nc(-c2ccccc2)n1. The van der Waals surface area contributed by atoms with Crippen LogP contribution in [0.15, 0.2) is 60.7 Å². The van der Waals surface area contributed by atoms with E-state index < -0.39 is 0 Å². The van der Waals surface area contributed by atoms with Gasteiger partial charge in [0.25, 0.3) is 0 Å². The van der Waals surface area contributed by atoms with E-state index in [1.54, 1.807) is 38.2 Å². The largest absolute Gasteiger partial charge is 0.364 e. The first-order valence-corrected chi connectivity index (χ1v) is 12.7. The average Bonchev–Trinajstić information content (AvgIpc) is 3.01. The summed E-state index contributed by atoms with van der Waals surface area (Å²) in [6.07, 6.45) is 0. The maximum Gasteiger partial charge on any atom is 0.234 e. The Hall–Kier alpha value is -4.50. The molecule has 2 aromatic carbocycles. The van der Waals surface area contributed by atoms with Crippen molar-refractivity contribution in [2.24, 2.45) is 0 Å². The third-order valence-electron chi connectivity index (χ3n) is 5.51. The molecule has 0 aliphatic heterocycles. The number of aromatic nitrogens is 6. The zero-order valence-electron chi connectivity index (χ0n) is 23.5. The second-order valence-corrected chi connectivity index (χ2v) is 8.58. The van der Waals surface area contributed by atoms with E-state index in [0.717, 1.165) is 11.1 Å². The summed E-state index contributed by atoms with van der Waals surface area (Å²) in [5, 5.41) is 6.39. The molecule has 14 nitrogen and oxygen atoms in total. The maximum atomic E-state index is 5.32. The monoisotopic (exact) mass is 562 g/mol. The van der Waals surface area contributed by atoms with Crippen LogP contribution in [0.4, 0.5) is 23.8 Å². The van der Waals surface area contributed by atoms with Gasteiger partial charge in [-0.05, 0) is 0 Å². The molecule has 4 aromatic rings. The van der Waals surface area contributed by atoms with E-state index >= 15 is 0 Å². The van der Waals surface area contributed by atoms with Crippen molar-refractivity contribution in [2.75, 3.05) is 82.5 Å². The Labute approximate surface area is 238 Å². The van der Waals surface area contributed by atoms with Crippen LogP contribution in [0, 0.1) is 0 Å². The number of hydrogen-bond acceptors (Lipinski definition) is 14. The normalized spacial score (nSPS) is 10.8. The number of methoxy groups -OCH3 is 4. The van der Waals surface area contributed by atoms with E-state index in [2.05, 4.69) is 40.5 Å². The molecular weight excluding hydrogens is 528 g/mol. The average molecular weight is 563 g/mol. The zero-order chi connectivity index (χ0) is 28.9. The predicted molar refractivity (Wildman–Crippen MR) is 155 cm³/mol. The van der Waals surface area contributed by atoms with Crippen molar-refractivity contribution in [3.63, 3.8) is 0 Å². The maximum absolute atomic E-state index is 5.32. The molecule has 216 valence electrons. The van der Waals surface area contributed by atoms with Crippen LogP contribution in [0.1, 0.15) is 0 Å². The standard InChI is InChI=1S/C27H34N10O4/c1-38-16-36(17-39-2)26-32-22(20-11-7-5-8-12-20)30-24(34-26)28-15-29-25-31-23(21-13-9-6-10-14-21)33-27(35-25)37(18-40-3)19-41-4/h5-14H,15-19H2,1-4H3,(H,28,30,32,34)(H,29,31,33,35). The molecule has 2 N–H and O–H groups in total. The molecule has 4 rings (SSSR count). The smallest absolute Gasteiger partial charge is 0.234 e. The molecule has 0 saturated carbocycles. The number of rotatable bonds is 16. The molecule has 2 aromatic heterocycles. The molecular formula is C27H34N10O4. The lowest BCUT2D eigenvalue weighted by molar-refractivity contribution is 0.138. The Morgan fingerprint density at radius 3 is 1.22 bits per heavy atom. The van der Waals surface area contributed by atoms with E-state index in [1.807, 2.05) is 60.7 Å². The van der Waals surface area contributed by atoms with Crippen LogP contribution in [0.25, 0.3) is 22.8 Å². The highest BCUT2D eigenvalue weighted by Gasteiger charge is 2.17. The highest BCUT2D eigenvalue weighted by molar-refractivity contribution is 5.59. The summed E-state index contributed by atoms with van der Waals surface area (Å²) >= 11 is 0. The lowest BCUT2D eigenvalue weighted by atomic mass is 10.2. The van der Waals surface area contributed by atoms with Crippen molar-refractivity contribution in [2.45, 2.75) is 0 Å². The minimum Gasteiger partial charge on any atom is -0.364 e. The number of benzene rings is 2. The third kappa shape index (κ3) is 8.25. The van der Waals surface area contributed by atoms with Crippen LogP contribution < -0.4 is 20.4 Å². The minimum absolute atomic E-state index is 0.207. The van der Waals surface area contributed by atoms with Crippen LogP contribution in [-0.2, 0) is 18.9 Å². The van der Waals surface area contributed by atoms with Crippen molar-refractivity contribution in [1.29, 1.82) is 0 Å². The number of hydrogen-bond donors (Lipinski definition) is 2. The van der Waals surface area contributed by atoms with Crippen LogP contribution in [-0.4, -0.2) is 91.9 Å². The highest BCUT2D eigenvalue weighted by atomic mass is 16.5. The van der Waals surface area contributed by atoms with Crippen molar-refractivity contribution >= 4 is 23.8 Å². The number of anilines is 4. The molecule has 0 saturated heterocycles. The van der Waals surface area contributed by atoms with Gasteiger partial charge in [0.1, 0.15) is 26.9 Å². The molecule has 0 aliphatic rings. The molecule has 2 heterocycles. The first kappa shape index (κ1) is 29.5. The van der Waals surface area contributed by atoms with Gasteiger partial charge in [-0.2, -0.15) is 29.9 Å². The summed E-state index contributed by atoms with van der Waals surface area (Å²) in [6.45, 7) is 1.15. The van der Waals surface area contributed by atoms with Crippen molar-refractivity contribution in [3.8, 4) is 22.8 Å². The van der Waals surface area contributed by atoms with Crippen LogP contribution in [0.2, 0.25) is 0 Å². The van der Waals surface area contributed by atoms with Gasteiger partial charge in [-0.1, -0.05) is 60.7 Å². The molecule has 41 heavy (non-hydrogen) atoms. The van der Waals surface area contributed by atoms with E-state index in [1.165, 1.54) is 0 Å². The molecule has 0 atom stereocenters. The molecule has 0 aliphatic carbocycles. The Morgan fingerprint density at radius 2 is 0.878 bits per heavy atom. The van der Waals surface area contributed by atoms with Gasteiger partial charge in [-0.3, -0.25) is 9.80 Å². The molecule has 0 radical (unpaired) electrons. The Bertz CT molecular complexity index is 1240. The highest BCUT2D eigenvalue weighted by Crippen LogP contribution is 2.21. The quantitative estimate of drug-likeness (QED) is 0.193. The summed E-state index contributed by atoms with van der Waals surface area (Å²) in [6, 6.07) is 19.3. The fourth-order valence-electron chi connectivity index (χ4n) is 3.73. The lowest BCUT2D eigenvalue weighted by Crippen LogP contribution is -2.30. The van der Waals surface area contributed by atoms with Gasteiger partial charge in [0.15, 0.2) is 11.6 Å². The minimum atomic E-state index is 0.207. The summed E-state index contributed by atoms with van der Waals surface area (Å²) in [5.41, 5.74) is 1.68. The topological polar surface area (TPSA) is 145 Å². The molecule has 0 amide bonds. The van der Waals surface area contributed by atoms with Crippen molar-refractivity contribution in [3.05, 3.63) is 60.7 Å². The van der Waals surface area contributed by atoms with Gasteiger partial charge in [0.05, 0.1) is 6.67 Å². The number of ether oxygens (including phenoxy) is 4. The summed E-state index contributed by atoms with van der Waals surface area (Å²) in [4.78, 5) is 31.2. The summed E-state index contributed by atoms with van der Waals surface area (Å²) in [5.74, 6) is 2.48. The fourth-order valence-corrected chi connectivity index (χ4v) is 3.73. The number of nitrogens with one attached hydrogen (secondary N) is 2. The fraction of sp³-hybridized carbons (Fsp3) is 0.333. The Kier molecular flexibility index (Phi) is 11.0. The molecule has 14 heteroatoms. The van der Waals surface area contributed by atoms with Gasteiger partial charge in [0.2, 0.25) is 23.8 Å². The Morgan fingerprint density at radius 1 is 0.512 bits per heavy atom. The predicted octanol–water partition coefficient (Wildman–Crippen LogP) is 2.90. The van der Waals surface area contributed by atoms with Gasteiger partial charge in [-0.25, -0.2) is 0 Å². The van der Waals surface area contributed by atoms with Crippen molar-refractivity contribution < 1.29 is 18.9 Å². The molecule has 0 spiro atoms. The molecule has 0 unspecified atom stereocenters. The number of nitrogens with zero attached hydrogens (tertiary/aromatic N) is 8. The van der Waals surface area contributed by atoms with Crippen molar-refractivity contribution in [1.82, 2.24) is 29.9 Å². The van der Waals surface area contributed by atoms with Crippen LogP contribution in [0.5, 0.6) is 0 Å². The van der Waals surface area contributed by atoms with E-state index in [0.29, 0.717) is 35.4 Å². The van der Waals surface area contributed by atoms with E-state index in [9.17, 15) is 0 Å². The molecule has 0 bridgehead atoms.